The molecule has 1 aliphatic rings. The smallest absolute Gasteiger partial charge is 0.401 e. The summed E-state index contributed by atoms with van der Waals surface area (Å²) in [7, 11) is 6.08. The largest absolute Gasteiger partial charge is 0.465 e. The minimum absolute atomic E-state index is 0.0460. The quantitative estimate of drug-likeness (QED) is 0.140. The summed E-state index contributed by atoms with van der Waals surface area (Å²) in [6.07, 6.45) is 0.442. The van der Waals surface area contributed by atoms with E-state index in [1.807, 2.05) is 121 Å². The summed E-state index contributed by atoms with van der Waals surface area (Å²) in [5.74, 6) is -0.477. The van der Waals surface area contributed by atoms with E-state index in [0.29, 0.717) is 0 Å². The number of benzene rings is 4. The van der Waals surface area contributed by atoms with Crippen molar-refractivity contribution >= 4 is 13.0 Å². The van der Waals surface area contributed by atoms with Crippen LogP contribution in [-0.2, 0) is 34.8 Å². The minimum Gasteiger partial charge on any atom is -0.401 e. The lowest BCUT2D eigenvalue weighted by Gasteiger charge is -2.47. The van der Waals surface area contributed by atoms with E-state index < -0.39 is 36.3 Å². The van der Waals surface area contributed by atoms with Gasteiger partial charge in [0.1, 0.15) is 23.4 Å². The van der Waals surface area contributed by atoms with Crippen molar-refractivity contribution in [3.8, 4) is 0 Å². The van der Waals surface area contributed by atoms with Gasteiger partial charge in [-0.2, -0.15) is 0 Å². The molecule has 5 rings (SSSR count). The molecule has 0 radical (unpaired) electrons. The van der Waals surface area contributed by atoms with Gasteiger partial charge in [0.05, 0.1) is 0 Å². The Morgan fingerprint density at radius 3 is 1.30 bits per heavy atom. The number of amides is 1. The van der Waals surface area contributed by atoms with Gasteiger partial charge in [-0.25, -0.2) is 0 Å². The Balaban J connectivity index is 1.79. The maximum atomic E-state index is 12.9. The summed E-state index contributed by atoms with van der Waals surface area (Å²) in [5, 5.41) is 0. The van der Waals surface area contributed by atoms with Gasteiger partial charge in [-0.1, -0.05) is 127 Å². The van der Waals surface area contributed by atoms with E-state index in [1.165, 1.54) is 0 Å². The summed E-state index contributed by atoms with van der Waals surface area (Å²) < 4.78 is 27.4. The zero-order valence-electron chi connectivity index (χ0n) is 25.8. The highest BCUT2D eigenvalue weighted by atomic mass is 16.7. The summed E-state index contributed by atoms with van der Waals surface area (Å²) in [4.78, 5) is 14.5. The van der Waals surface area contributed by atoms with E-state index in [2.05, 4.69) is 6.58 Å². The van der Waals surface area contributed by atoms with Crippen LogP contribution in [0.4, 0.5) is 0 Å². The van der Waals surface area contributed by atoms with E-state index in [-0.39, 0.29) is 12.3 Å². The van der Waals surface area contributed by atoms with Crippen molar-refractivity contribution in [2.75, 3.05) is 28.3 Å². The SMILES string of the molecule is C=C[C@H](CC(=O)N(C)C)B1O[C@@H](C(OC)(c2ccccc2)c2ccccc2)[C@H](C(OC)(c2ccccc2)c2ccccc2)O1. The van der Waals surface area contributed by atoms with Gasteiger partial charge in [-0.15, -0.1) is 6.58 Å². The fourth-order valence-corrected chi connectivity index (χ4v) is 6.40. The van der Waals surface area contributed by atoms with Crippen molar-refractivity contribution in [1.29, 1.82) is 0 Å². The molecule has 4 aromatic carbocycles. The molecule has 6 nitrogen and oxygen atoms in total. The molecule has 1 amide bonds. The Morgan fingerprint density at radius 1 is 0.727 bits per heavy atom. The number of allylic oxidation sites excluding steroid dienone is 1. The molecule has 7 heteroatoms. The third-order valence-corrected chi connectivity index (χ3v) is 8.65. The average Bonchev–Trinajstić information content (AvgIpc) is 3.52. The molecular weight excluding hydrogens is 549 g/mol. The van der Waals surface area contributed by atoms with Crippen LogP contribution in [0.2, 0.25) is 5.82 Å². The minimum atomic E-state index is -1.12. The number of hydrogen-bond acceptors (Lipinski definition) is 5. The van der Waals surface area contributed by atoms with Gasteiger partial charge in [0.2, 0.25) is 5.91 Å². The van der Waals surface area contributed by atoms with Crippen molar-refractivity contribution in [1.82, 2.24) is 4.90 Å². The molecule has 0 aromatic heterocycles. The van der Waals surface area contributed by atoms with Gasteiger partial charge in [0.25, 0.3) is 0 Å². The number of carbonyl (C=O) groups excluding carboxylic acids is 1. The highest BCUT2D eigenvalue weighted by Crippen LogP contribution is 2.51. The number of ether oxygens (including phenoxy) is 2. The molecular formula is C37H40BNO5. The molecule has 1 saturated heterocycles. The van der Waals surface area contributed by atoms with Gasteiger partial charge in [-0.05, 0) is 22.3 Å². The number of carbonyl (C=O) groups is 1. The number of rotatable bonds is 12. The molecule has 0 aliphatic carbocycles. The third kappa shape index (κ3) is 5.64. The van der Waals surface area contributed by atoms with Crippen LogP contribution in [0.1, 0.15) is 28.7 Å². The summed E-state index contributed by atoms with van der Waals surface area (Å²) in [6.45, 7) is 4.07. The van der Waals surface area contributed by atoms with Gasteiger partial charge in [0, 0.05) is 40.6 Å². The lowest BCUT2D eigenvalue weighted by Crippen LogP contribution is -2.56. The van der Waals surface area contributed by atoms with E-state index in [9.17, 15) is 4.79 Å². The van der Waals surface area contributed by atoms with E-state index in [0.717, 1.165) is 22.3 Å². The molecule has 226 valence electrons. The maximum absolute atomic E-state index is 12.9. The monoisotopic (exact) mass is 589 g/mol. The highest BCUT2D eigenvalue weighted by molar-refractivity contribution is 6.48. The van der Waals surface area contributed by atoms with Crippen LogP contribution in [-0.4, -0.2) is 58.4 Å². The first-order chi connectivity index (χ1) is 21.4. The standard InChI is InChI=1S/C37H40BNO5/c1-6-32(27-33(40)39(2)3)38-43-34(36(41-4,28-19-11-7-12-20-28)29-21-13-8-14-22-29)35(44-38)37(42-5,30-23-15-9-16-24-30)31-25-17-10-18-26-31/h6-26,32,34-35H,1,27H2,2-5H3/t32-,34-,35-/m1/s1. The molecule has 3 atom stereocenters. The topological polar surface area (TPSA) is 57.2 Å². The van der Waals surface area contributed by atoms with Gasteiger partial charge >= 0.3 is 7.12 Å². The van der Waals surface area contributed by atoms with E-state index in [4.69, 9.17) is 18.8 Å². The van der Waals surface area contributed by atoms with Crippen molar-refractivity contribution in [2.45, 2.75) is 35.6 Å². The maximum Gasteiger partial charge on any atom is 0.465 e. The molecule has 1 fully saturated rings. The second kappa shape index (κ2) is 13.7. The zero-order chi connectivity index (χ0) is 31.2. The predicted octanol–water partition coefficient (Wildman–Crippen LogP) is 6.47. The van der Waals surface area contributed by atoms with Crippen molar-refractivity contribution in [2.24, 2.45) is 0 Å². The summed E-state index contributed by atoms with van der Waals surface area (Å²) in [5.41, 5.74) is 1.37. The lowest BCUT2D eigenvalue weighted by molar-refractivity contribution is -0.136. The first-order valence-corrected chi connectivity index (χ1v) is 14.9. The first-order valence-electron chi connectivity index (χ1n) is 14.9. The van der Waals surface area contributed by atoms with Crippen LogP contribution in [0, 0.1) is 0 Å². The van der Waals surface area contributed by atoms with Crippen LogP contribution >= 0.6 is 0 Å². The molecule has 0 N–H and O–H groups in total. The molecule has 44 heavy (non-hydrogen) atoms. The fourth-order valence-electron chi connectivity index (χ4n) is 6.40. The van der Waals surface area contributed by atoms with Gasteiger partial charge < -0.3 is 23.7 Å². The Bertz CT molecular complexity index is 1320. The van der Waals surface area contributed by atoms with Crippen molar-refractivity contribution in [3.05, 3.63) is 156 Å². The molecule has 1 heterocycles. The van der Waals surface area contributed by atoms with Gasteiger partial charge in [0.15, 0.2) is 0 Å². The van der Waals surface area contributed by atoms with Crippen LogP contribution in [0.5, 0.6) is 0 Å². The second-order valence-electron chi connectivity index (χ2n) is 11.2. The highest BCUT2D eigenvalue weighted by Gasteiger charge is 2.62. The molecule has 0 unspecified atom stereocenters. The van der Waals surface area contributed by atoms with Crippen LogP contribution in [0.15, 0.2) is 134 Å². The van der Waals surface area contributed by atoms with E-state index in [1.54, 1.807) is 39.3 Å². The summed E-state index contributed by atoms with van der Waals surface area (Å²) >= 11 is 0. The number of hydrogen-bond donors (Lipinski definition) is 0. The Labute approximate surface area is 261 Å². The Kier molecular flexibility index (Phi) is 9.82. The molecule has 0 bridgehead atoms. The Morgan fingerprint density at radius 2 is 1.05 bits per heavy atom. The Hall–Kier alpha value is -4.01. The normalized spacial score (nSPS) is 17.7. The molecule has 1 aliphatic heterocycles. The van der Waals surface area contributed by atoms with Crippen molar-refractivity contribution in [3.63, 3.8) is 0 Å². The number of methoxy groups -OCH3 is 2. The van der Waals surface area contributed by atoms with E-state index >= 15 is 0 Å². The first kappa shape index (κ1) is 31.4. The fraction of sp³-hybridized carbons (Fsp3) is 0.270. The predicted molar refractivity (Wildman–Crippen MR) is 174 cm³/mol. The lowest BCUT2D eigenvalue weighted by atomic mass is 9.69. The second-order valence-corrected chi connectivity index (χ2v) is 11.2. The third-order valence-electron chi connectivity index (χ3n) is 8.65. The molecule has 4 aromatic rings. The van der Waals surface area contributed by atoms with Gasteiger partial charge in [-0.3, -0.25) is 4.79 Å². The molecule has 0 spiro atoms. The average molecular weight is 590 g/mol. The summed E-state index contributed by atoms with van der Waals surface area (Å²) in [6, 6.07) is 40.3. The number of nitrogens with zero attached hydrogens (tertiary/aromatic N) is 1. The van der Waals surface area contributed by atoms with Crippen LogP contribution in [0.3, 0.4) is 0 Å². The zero-order valence-corrected chi connectivity index (χ0v) is 25.8. The van der Waals surface area contributed by atoms with Crippen LogP contribution < -0.4 is 0 Å². The molecule has 0 saturated carbocycles. The van der Waals surface area contributed by atoms with Crippen molar-refractivity contribution < 1.29 is 23.6 Å². The van der Waals surface area contributed by atoms with Crippen LogP contribution in [0.25, 0.3) is 0 Å².